The normalized spacial score (nSPS) is 14.1. The van der Waals surface area contributed by atoms with E-state index in [1.807, 2.05) is 0 Å². The predicted octanol–water partition coefficient (Wildman–Crippen LogP) is 1.66. The second kappa shape index (κ2) is 5.50. The summed E-state index contributed by atoms with van der Waals surface area (Å²) in [6.07, 6.45) is -0.187. The third-order valence-electron chi connectivity index (χ3n) is 2.74. The zero-order valence-corrected chi connectivity index (χ0v) is 9.56. The Morgan fingerprint density at radius 2 is 2.28 bits per heavy atom. The van der Waals surface area contributed by atoms with E-state index in [2.05, 4.69) is 20.0 Å². The van der Waals surface area contributed by atoms with Crippen molar-refractivity contribution in [3.05, 3.63) is 40.5 Å². The van der Waals surface area contributed by atoms with Crippen molar-refractivity contribution in [2.75, 3.05) is 6.54 Å². The van der Waals surface area contributed by atoms with Gasteiger partial charge in [-0.15, -0.1) is 0 Å². The number of hydrogen-bond donors (Lipinski definition) is 3. The van der Waals surface area contributed by atoms with Gasteiger partial charge in [-0.1, -0.05) is 11.2 Å². The molecule has 0 saturated carbocycles. The molecule has 0 bridgehead atoms. The standard InChI is InChI=1S/C11H13N5O2/c12-16-15-4-3-10(17)11(18)7-1-2-8-9(5-7)14-6-13-8/h1-2,5-6,10-11,17-18H,3-4H2,(H,13,14). The number of aromatic amines is 1. The maximum atomic E-state index is 9.97. The number of imidazole rings is 1. The van der Waals surface area contributed by atoms with E-state index in [0.29, 0.717) is 5.56 Å². The summed E-state index contributed by atoms with van der Waals surface area (Å²) >= 11 is 0. The van der Waals surface area contributed by atoms with Gasteiger partial charge >= 0.3 is 0 Å². The number of nitrogens with one attached hydrogen (secondary N) is 1. The molecular weight excluding hydrogens is 234 g/mol. The van der Waals surface area contributed by atoms with Crippen molar-refractivity contribution >= 4 is 11.0 Å². The van der Waals surface area contributed by atoms with E-state index in [0.717, 1.165) is 11.0 Å². The number of aromatic nitrogens is 2. The van der Waals surface area contributed by atoms with Crippen molar-refractivity contribution in [2.45, 2.75) is 18.6 Å². The molecule has 0 amide bonds. The van der Waals surface area contributed by atoms with E-state index < -0.39 is 12.2 Å². The number of hydrogen-bond acceptors (Lipinski definition) is 4. The van der Waals surface area contributed by atoms with Gasteiger partial charge in [0.05, 0.1) is 23.5 Å². The molecule has 2 atom stereocenters. The number of rotatable bonds is 5. The van der Waals surface area contributed by atoms with Crippen LogP contribution >= 0.6 is 0 Å². The SMILES string of the molecule is [N-]=[N+]=NCCC(O)C(O)c1ccc2nc[nH]c2c1. The monoisotopic (exact) mass is 247 g/mol. The Kier molecular flexibility index (Phi) is 3.78. The minimum absolute atomic E-state index is 0.154. The smallest absolute Gasteiger partial charge is 0.105 e. The molecule has 0 aliphatic heterocycles. The van der Waals surface area contributed by atoms with Crippen LogP contribution < -0.4 is 0 Å². The molecule has 7 heteroatoms. The van der Waals surface area contributed by atoms with E-state index in [-0.39, 0.29) is 13.0 Å². The van der Waals surface area contributed by atoms with Crippen LogP contribution in [0.15, 0.2) is 29.6 Å². The Balaban J connectivity index is 2.11. The van der Waals surface area contributed by atoms with Gasteiger partial charge in [0, 0.05) is 11.5 Å². The van der Waals surface area contributed by atoms with Crippen LogP contribution in [0.25, 0.3) is 21.5 Å². The molecule has 0 aliphatic carbocycles. The lowest BCUT2D eigenvalue weighted by atomic mass is 10.0. The fourth-order valence-electron chi connectivity index (χ4n) is 1.75. The number of aliphatic hydroxyl groups excluding tert-OH is 2. The van der Waals surface area contributed by atoms with E-state index in [1.165, 1.54) is 0 Å². The van der Waals surface area contributed by atoms with Crippen molar-refractivity contribution in [1.82, 2.24) is 9.97 Å². The van der Waals surface area contributed by atoms with Crippen LogP contribution in [0.2, 0.25) is 0 Å². The molecule has 94 valence electrons. The molecule has 1 heterocycles. The van der Waals surface area contributed by atoms with Crippen LogP contribution in [0.1, 0.15) is 18.1 Å². The molecule has 1 aromatic heterocycles. The molecular formula is C11H13N5O2. The second-order valence-electron chi connectivity index (χ2n) is 3.93. The molecule has 0 saturated heterocycles. The molecule has 1 aromatic carbocycles. The summed E-state index contributed by atoms with van der Waals surface area (Å²) in [5.74, 6) is 0. The molecule has 2 rings (SSSR count). The van der Waals surface area contributed by atoms with Gasteiger partial charge in [0.2, 0.25) is 0 Å². The summed E-state index contributed by atoms with van der Waals surface area (Å²) in [7, 11) is 0. The highest BCUT2D eigenvalue weighted by atomic mass is 16.3. The molecule has 2 aromatic rings. The van der Waals surface area contributed by atoms with Gasteiger partial charge in [-0.05, 0) is 29.6 Å². The highest BCUT2D eigenvalue weighted by Gasteiger charge is 2.18. The lowest BCUT2D eigenvalue weighted by molar-refractivity contribution is 0.0151. The largest absolute Gasteiger partial charge is 0.390 e. The van der Waals surface area contributed by atoms with Crippen LogP contribution in [0, 0.1) is 0 Å². The third kappa shape index (κ3) is 2.60. The van der Waals surface area contributed by atoms with Crippen molar-refractivity contribution in [3.63, 3.8) is 0 Å². The topological polar surface area (TPSA) is 118 Å². The van der Waals surface area contributed by atoms with Crippen molar-refractivity contribution in [2.24, 2.45) is 5.11 Å². The van der Waals surface area contributed by atoms with Crippen molar-refractivity contribution in [3.8, 4) is 0 Å². The highest BCUT2D eigenvalue weighted by Crippen LogP contribution is 2.22. The first-order valence-electron chi connectivity index (χ1n) is 5.52. The van der Waals surface area contributed by atoms with Crippen LogP contribution in [0.3, 0.4) is 0 Å². The van der Waals surface area contributed by atoms with Crippen LogP contribution in [-0.2, 0) is 0 Å². The van der Waals surface area contributed by atoms with Crippen LogP contribution in [0.5, 0.6) is 0 Å². The van der Waals surface area contributed by atoms with Gasteiger partial charge in [0.1, 0.15) is 6.10 Å². The zero-order chi connectivity index (χ0) is 13.0. The van der Waals surface area contributed by atoms with Crippen molar-refractivity contribution in [1.29, 1.82) is 0 Å². The van der Waals surface area contributed by atoms with E-state index in [9.17, 15) is 10.2 Å². The molecule has 7 nitrogen and oxygen atoms in total. The van der Waals surface area contributed by atoms with Gasteiger partial charge in [-0.2, -0.15) is 0 Å². The van der Waals surface area contributed by atoms with Crippen LogP contribution in [-0.4, -0.2) is 32.8 Å². The maximum Gasteiger partial charge on any atom is 0.105 e. The molecule has 0 aliphatic rings. The quantitative estimate of drug-likeness (QED) is 0.423. The summed E-state index contributed by atoms with van der Waals surface area (Å²) in [5, 5.41) is 23.1. The Hall–Kier alpha value is -2.08. The fourth-order valence-corrected chi connectivity index (χ4v) is 1.75. The van der Waals surface area contributed by atoms with Crippen molar-refractivity contribution < 1.29 is 10.2 Å². The summed E-state index contributed by atoms with van der Waals surface area (Å²) in [6, 6.07) is 5.22. The summed E-state index contributed by atoms with van der Waals surface area (Å²) in [6.45, 7) is 0.154. The number of fused-ring (bicyclic) bond motifs is 1. The second-order valence-corrected chi connectivity index (χ2v) is 3.93. The minimum atomic E-state index is -1.01. The fraction of sp³-hybridized carbons (Fsp3) is 0.364. The number of benzene rings is 1. The van der Waals surface area contributed by atoms with Gasteiger partial charge in [-0.25, -0.2) is 4.98 Å². The maximum absolute atomic E-state index is 9.97. The molecule has 0 spiro atoms. The molecule has 3 N–H and O–H groups in total. The van der Waals surface area contributed by atoms with Gasteiger partial charge in [-0.3, -0.25) is 0 Å². The number of H-pyrrole nitrogens is 1. The first-order valence-corrected chi connectivity index (χ1v) is 5.52. The van der Waals surface area contributed by atoms with Crippen LogP contribution in [0.4, 0.5) is 0 Å². The zero-order valence-electron chi connectivity index (χ0n) is 9.56. The minimum Gasteiger partial charge on any atom is -0.390 e. The lowest BCUT2D eigenvalue weighted by Crippen LogP contribution is -2.19. The number of azide groups is 1. The van der Waals surface area contributed by atoms with E-state index >= 15 is 0 Å². The number of aliphatic hydroxyl groups is 2. The predicted molar refractivity (Wildman–Crippen MR) is 65.7 cm³/mol. The highest BCUT2D eigenvalue weighted by molar-refractivity contribution is 5.75. The average Bonchev–Trinajstić information content (AvgIpc) is 2.85. The Bertz CT molecular complexity index is 576. The molecule has 0 radical (unpaired) electrons. The lowest BCUT2D eigenvalue weighted by Gasteiger charge is -2.17. The average molecular weight is 247 g/mol. The Morgan fingerprint density at radius 1 is 1.44 bits per heavy atom. The van der Waals surface area contributed by atoms with Gasteiger partial charge in [0.25, 0.3) is 0 Å². The summed E-state index contributed by atoms with van der Waals surface area (Å²) in [5.41, 5.74) is 10.3. The summed E-state index contributed by atoms with van der Waals surface area (Å²) < 4.78 is 0. The Labute approximate surface area is 103 Å². The van der Waals surface area contributed by atoms with Gasteiger partial charge < -0.3 is 15.2 Å². The van der Waals surface area contributed by atoms with E-state index in [4.69, 9.17) is 5.53 Å². The van der Waals surface area contributed by atoms with Gasteiger partial charge in [0.15, 0.2) is 0 Å². The Morgan fingerprint density at radius 3 is 3.06 bits per heavy atom. The molecule has 2 unspecified atom stereocenters. The first-order chi connectivity index (χ1) is 8.72. The third-order valence-corrected chi connectivity index (χ3v) is 2.74. The number of nitrogens with zero attached hydrogens (tertiary/aromatic N) is 4. The van der Waals surface area contributed by atoms with E-state index in [1.54, 1.807) is 24.5 Å². The summed E-state index contributed by atoms with van der Waals surface area (Å²) in [4.78, 5) is 9.60. The molecule has 18 heavy (non-hydrogen) atoms. The first kappa shape index (κ1) is 12.4. The molecule has 0 fully saturated rings.